The van der Waals surface area contributed by atoms with Gasteiger partial charge < -0.3 is 10.1 Å². The molecule has 1 amide bonds. The molecular weight excluding hydrogens is 182 g/mol. The highest BCUT2D eigenvalue weighted by Crippen LogP contribution is 2.06. The first-order valence-electron chi connectivity index (χ1n) is 5.14. The number of amides is 1. The van der Waals surface area contributed by atoms with Gasteiger partial charge in [-0.15, -0.1) is 0 Å². The molecule has 0 saturated carbocycles. The van der Waals surface area contributed by atoms with Gasteiger partial charge in [-0.25, -0.2) is 0 Å². The molecule has 4 heteroatoms. The molecule has 1 atom stereocenters. The average molecular weight is 199 g/mol. The fraction of sp³-hybridized carbons (Fsp3) is 0.800. The van der Waals surface area contributed by atoms with Gasteiger partial charge in [-0.1, -0.05) is 6.42 Å². The van der Waals surface area contributed by atoms with Crippen molar-refractivity contribution in [2.24, 2.45) is 0 Å². The molecule has 14 heavy (non-hydrogen) atoms. The van der Waals surface area contributed by atoms with Gasteiger partial charge in [-0.05, 0) is 19.8 Å². The van der Waals surface area contributed by atoms with E-state index in [0.29, 0.717) is 13.0 Å². The van der Waals surface area contributed by atoms with Crippen LogP contribution in [-0.4, -0.2) is 24.5 Å². The summed E-state index contributed by atoms with van der Waals surface area (Å²) in [5.41, 5.74) is 0. The lowest BCUT2D eigenvalue weighted by atomic mass is 10.2. The molecule has 1 fully saturated rings. The molecule has 1 heterocycles. The van der Waals surface area contributed by atoms with Gasteiger partial charge in [-0.3, -0.25) is 9.59 Å². The van der Waals surface area contributed by atoms with E-state index < -0.39 is 0 Å². The second-order valence-corrected chi connectivity index (χ2v) is 3.67. The number of carbonyl (C=O) groups is 2. The first kappa shape index (κ1) is 11.0. The Balaban J connectivity index is 2.44. The monoisotopic (exact) mass is 199 g/mol. The zero-order valence-electron chi connectivity index (χ0n) is 8.54. The number of hydrogen-bond donors (Lipinski definition) is 1. The van der Waals surface area contributed by atoms with Gasteiger partial charge in [0, 0.05) is 13.0 Å². The Morgan fingerprint density at radius 3 is 2.86 bits per heavy atom. The lowest BCUT2D eigenvalue weighted by molar-refractivity contribution is -0.149. The molecule has 1 N–H and O–H groups in total. The van der Waals surface area contributed by atoms with Crippen molar-refractivity contribution in [1.29, 1.82) is 0 Å². The number of ether oxygens (including phenoxy) is 1. The summed E-state index contributed by atoms with van der Waals surface area (Å²) in [6.45, 7) is 2.45. The van der Waals surface area contributed by atoms with E-state index >= 15 is 0 Å². The Morgan fingerprint density at radius 1 is 1.29 bits per heavy atom. The molecule has 0 aromatic heterocycles. The van der Waals surface area contributed by atoms with Crippen LogP contribution in [0.2, 0.25) is 0 Å². The Kier molecular flexibility index (Phi) is 4.43. The van der Waals surface area contributed by atoms with Gasteiger partial charge in [0.1, 0.15) is 6.10 Å². The van der Waals surface area contributed by atoms with Crippen LogP contribution in [0, 0.1) is 0 Å². The summed E-state index contributed by atoms with van der Waals surface area (Å²) in [5.74, 6) is -0.223. The van der Waals surface area contributed by atoms with E-state index in [1.807, 2.05) is 0 Å². The van der Waals surface area contributed by atoms with E-state index in [9.17, 15) is 9.59 Å². The maximum atomic E-state index is 11.2. The molecule has 1 saturated heterocycles. The van der Waals surface area contributed by atoms with Crippen molar-refractivity contribution in [3.05, 3.63) is 0 Å². The molecule has 1 aliphatic heterocycles. The smallest absolute Gasteiger partial charge is 0.306 e. The van der Waals surface area contributed by atoms with E-state index in [1.54, 1.807) is 6.92 Å². The lowest BCUT2D eigenvalue weighted by Crippen LogP contribution is -2.28. The normalized spacial score (nSPS) is 25.9. The molecule has 0 radical (unpaired) electrons. The Hall–Kier alpha value is -1.06. The van der Waals surface area contributed by atoms with Crippen molar-refractivity contribution < 1.29 is 14.3 Å². The van der Waals surface area contributed by atoms with Crippen LogP contribution in [0.15, 0.2) is 0 Å². The first-order valence-corrected chi connectivity index (χ1v) is 5.14. The molecule has 0 spiro atoms. The van der Waals surface area contributed by atoms with Crippen LogP contribution in [0.1, 0.15) is 39.0 Å². The van der Waals surface area contributed by atoms with Gasteiger partial charge >= 0.3 is 5.97 Å². The number of cyclic esters (lactones) is 1. The van der Waals surface area contributed by atoms with Gasteiger partial charge in [-0.2, -0.15) is 0 Å². The van der Waals surface area contributed by atoms with Gasteiger partial charge in [0.25, 0.3) is 0 Å². The molecule has 80 valence electrons. The summed E-state index contributed by atoms with van der Waals surface area (Å²) in [5, 5.41) is 2.80. The lowest BCUT2D eigenvalue weighted by Gasteiger charge is -2.11. The number of rotatable bonds is 0. The SMILES string of the molecule is CC1CC(=O)NCCCCCC(=O)O1. The standard InChI is InChI=1S/C10H17NO3/c1-8-7-9(12)11-6-4-2-3-5-10(13)14-8/h8H,2-7H2,1H3,(H,11,12). The van der Waals surface area contributed by atoms with Crippen molar-refractivity contribution >= 4 is 11.9 Å². The Bertz CT molecular complexity index is 193. The summed E-state index contributed by atoms with van der Waals surface area (Å²) >= 11 is 0. The first-order chi connectivity index (χ1) is 6.68. The molecule has 0 aliphatic carbocycles. The van der Waals surface area contributed by atoms with E-state index in [4.69, 9.17) is 4.74 Å². The molecule has 1 unspecified atom stereocenters. The minimum absolute atomic E-state index is 0.0350. The van der Waals surface area contributed by atoms with E-state index in [1.165, 1.54) is 0 Å². The molecule has 1 aliphatic rings. The molecule has 0 aromatic rings. The Morgan fingerprint density at radius 2 is 2.07 bits per heavy atom. The Labute approximate surface area is 84.0 Å². The third-order valence-electron chi connectivity index (χ3n) is 2.19. The van der Waals surface area contributed by atoms with Crippen molar-refractivity contribution in [3.8, 4) is 0 Å². The molecule has 4 nitrogen and oxygen atoms in total. The van der Waals surface area contributed by atoms with E-state index in [-0.39, 0.29) is 24.4 Å². The minimum atomic E-state index is -0.305. The highest BCUT2D eigenvalue weighted by molar-refractivity contribution is 5.77. The molecule has 0 bridgehead atoms. The van der Waals surface area contributed by atoms with Crippen LogP contribution in [0.4, 0.5) is 0 Å². The number of hydrogen-bond acceptors (Lipinski definition) is 3. The maximum Gasteiger partial charge on any atom is 0.306 e. The second-order valence-electron chi connectivity index (χ2n) is 3.67. The summed E-state index contributed by atoms with van der Waals surface area (Å²) in [4.78, 5) is 22.4. The van der Waals surface area contributed by atoms with Crippen LogP contribution >= 0.6 is 0 Å². The van der Waals surface area contributed by atoms with Crippen molar-refractivity contribution in [1.82, 2.24) is 5.32 Å². The third-order valence-corrected chi connectivity index (χ3v) is 2.19. The highest BCUT2D eigenvalue weighted by atomic mass is 16.5. The molecule has 1 rings (SSSR count). The van der Waals surface area contributed by atoms with Gasteiger partial charge in [0.2, 0.25) is 5.91 Å². The summed E-state index contributed by atoms with van der Waals surface area (Å²) < 4.78 is 5.05. The van der Waals surface area contributed by atoms with Crippen molar-refractivity contribution in [2.45, 2.75) is 45.1 Å². The fourth-order valence-electron chi connectivity index (χ4n) is 1.46. The average Bonchev–Trinajstić information content (AvgIpc) is 2.11. The zero-order valence-corrected chi connectivity index (χ0v) is 8.54. The van der Waals surface area contributed by atoms with Crippen molar-refractivity contribution in [3.63, 3.8) is 0 Å². The van der Waals surface area contributed by atoms with Gasteiger partial charge in [0.05, 0.1) is 6.42 Å². The predicted octanol–water partition coefficient (Wildman–Crippen LogP) is 0.998. The maximum absolute atomic E-state index is 11.2. The zero-order chi connectivity index (χ0) is 10.4. The largest absolute Gasteiger partial charge is 0.462 e. The minimum Gasteiger partial charge on any atom is -0.462 e. The number of carbonyl (C=O) groups excluding carboxylic acids is 2. The van der Waals surface area contributed by atoms with Crippen LogP contribution in [0.25, 0.3) is 0 Å². The van der Waals surface area contributed by atoms with Crippen LogP contribution < -0.4 is 5.32 Å². The quantitative estimate of drug-likeness (QED) is 0.592. The number of nitrogens with one attached hydrogen (secondary N) is 1. The fourth-order valence-corrected chi connectivity index (χ4v) is 1.46. The summed E-state index contributed by atoms with van der Waals surface area (Å²) in [7, 11) is 0. The van der Waals surface area contributed by atoms with E-state index in [0.717, 1.165) is 19.3 Å². The third kappa shape index (κ3) is 4.25. The highest BCUT2D eigenvalue weighted by Gasteiger charge is 2.14. The van der Waals surface area contributed by atoms with Crippen molar-refractivity contribution in [2.75, 3.05) is 6.54 Å². The summed E-state index contributed by atoms with van der Waals surface area (Å²) in [6.07, 6.45) is 3.18. The van der Waals surface area contributed by atoms with Gasteiger partial charge in [0.15, 0.2) is 0 Å². The molecular formula is C10H17NO3. The number of esters is 1. The summed E-state index contributed by atoms with van der Waals surface area (Å²) in [6, 6.07) is 0. The van der Waals surface area contributed by atoms with Crippen LogP contribution in [-0.2, 0) is 14.3 Å². The van der Waals surface area contributed by atoms with E-state index in [2.05, 4.69) is 5.32 Å². The van der Waals surface area contributed by atoms with Crippen LogP contribution in [0.5, 0.6) is 0 Å². The van der Waals surface area contributed by atoms with Crippen LogP contribution in [0.3, 0.4) is 0 Å². The molecule has 0 aromatic carbocycles. The topological polar surface area (TPSA) is 55.4 Å². The predicted molar refractivity (Wildman–Crippen MR) is 51.6 cm³/mol. The second kappa shape index (κ2) is 5.62.